The molecule has 1 fully saturated rings. The highest BCUT2D eigenvalue weighted by atomic mass is 16.7. The van der Waals surface area contributed by atoms with Crippen molar-refractivity contribution in [3.8, 4) is 0 Å². The summed E-state index contributed by atoms with van der Waals surface area (Å²) in [6.07, 6.45) is 57.1. The predicted octanol–water partition coefficient (Wildman–Crippen LogP) is 16.9. The Morgan fingerprint density at radius 1 is 0.418 bits per heavy atom. The molecule has 0 saturated carbocycles. The predicted molar refractivity (Wildman–Crippen MR) is 322 cm³/mol. The molecule has 0 radical (unpaired) electrons. The summed E-state index contributed by atoms with van der Waals surface area (Å²) in [4.78, 5) is 51.3. The van der Waals surface area contributed by atoms with E-state index in [0.717, 1.165) is 135 Å². The van der Waals surface area contributed by atoms with Crippen LogP contribution in [-0.2, 0) is 42.9 Å². The van der Waals surface area contributed by atoms with E-state index in [0.29, 0.717) is 19.3 Å². The van der Waals surface area contributed by atoms with Crippen LogP contribution in [-0.4, -0.2) is 89.2 Å². The van der Waals surface area contributed by atoms with Gasteiger partial charge < -0.3 is 39.0 Å². The molecule has 0 spiro atoms. The van der Waals surface area contributed by atoms with Crippen LogP contribution in [0, 0.1) is 0 Å². The number of hydrogen-bond donors (Lipinski definition) is 3. The lowest BCUT2D eigenvalue weighted by Crippen LogP contribution is -2.61. The van der Waals surface area contributed by atoms with E-state index in [1.54, 1.807) is 0 Å². The summed E-state index contributed by atoms with van der Waals surface area (Å²) in [6.45, 7) is 5.93. The highest BCUT2D eigenvalue weighted by molar-refractivity contribution is 5.74. The van der Waals surface area contributed by atoms with Gasteiger partial charge >= 0.3 is 23.9 Å². The minimum Gasteiger partial charge on any atom is -0.479 e. The summed E-state index contributed by atoms with van der Waals surface area (Å²) in [7, 11) is 0. The minimum atomic E-state index is -1.91. The molecule has 79 heavy (non-hydrogen) atoms. The largest absolute Gasteiger partial charge is 0.479 e. The Kier molecular flexibility index (Phi) is 50.7. The van der Waals surface area contributed by atoms with Crippen molar-refractivity contribution in [1.29, 1.82) is 0 Å². The topological polar surface area (TPSA) is 175 Å². The zero-order valence-electron chi connectivity index (χ0n) is 50.1. The molecule has 6 atom stereocenters. The summed E-state index contributed by atoms with van der Waals surface area (Å²) in [6, 6.07) is 0. The van der Waals surface area contributed by atoms with Crippen molar-refractivity contribution >= 4 is 23.9 Å². The fraction of sp³-hybridized carbons (Fsp3) is 0.761. The molecule has 454 valence electrons. The van der Waals surface area contributed by atoms with Gasteiger partial charge in [-0.05, 0) is 116 Å². The van der Waals surface area contributed by atoms with Gasteiger partial charge in [-0.1, -0.05) is 216 Å². The second-order valence-corrected chi connectivity index (χ2v) is 21.7. The molecule has 6 unspecified atom stereocenters. The first kappa shape index (κ1) is 73.2. The Morgan fingerprint density at radius 2 is 0.759 bits per heavy atom. The Morgan fingerprint density at radius 3 is 1.19 bits per heavy atom. The number of carboxylic acid groups (broad SMARTS) is 1. The second kappa shape index (κ2) is 54.7. The average Bonchev–Trinajstić information content (AvgIpc) is 3.44. The van der Waals surface area contributed by atoms with Crippen LogP contribution >= 0.6 is 0 Å². The van der Waals surface area contributed by atoms with Crippen LogP contribution in [0.3, 0.4) is 0 Å². The molecule has 1 heterocycles. The van der Waals surface area contributed by atoms with Crippen molar-refractivity contribution in [3.63, 3.8) is 0 Å². The van der Waals surface area contributed by atoms with Crippen LogP contribution in [0.4, 0.5) is 0 Å². The van der Waals surface area contributed by atoms with E-state index in [2.05, 4.69) is 93.7 Å². The van der Waals surface area contributed by atoms with E-state index < -0.39 is 67.3 Å². The van der Waals surface area contributed by atoms with Crippen molar-refractivity contribution in [3.05, 3.63) is 72.9 Å². The molecule has 0 aromatic heterocycles. The zero-order chi connectivity index (χ0) is 57.5. The number of carbonyl (C=O) groups excluding carboxylic acids is 3. The van der Waals surface area contributed by atoms with Gasteiger partial charge in [0.05, 0.1) is 6.61 Å². The Hall–Kier alpha value is -3.84. The number of aliphatic hydroxyl groups is 2. The number of allylic oxidation sites excluding steroid dienone is 12. The number of aliphatic carboxylic acids is 1. The highest BCUT2D eigenvalue weighted by Gasteiger charge is 2.50. The Labute approximate surface area is 480 Å². The number of hydrogen-bond acceptors (Lipinski definition) is 11. The Bertz CT molecular complexity index is 1650. The van der Waals surface area contributed by atoms with Gasteiger partial charge in [0.1, 0.15) is 18.8 Å². The van der Waals surface area contributed by atoms with Crippen LogP contribution in [0.2, 0.25) is 0 Å². The number of carboxylic acids is 1. The van der Waals surface area contributed by atoms with Crippen LogP contribution in [0.5, 0.6) is 0 Å². The molecular weight excluding hydrogens is 997 g/mol. The second-order valence-electron chi connectivity index (χ2n) is 21.7. The van der Waals surface area contributed by atoms with E-state index in [4.69, 9.17) is 23.7 Å². The van der Waals surface area contributed by atoms with Crippen LogP contribution in [0.1, 0.15) is 278 Å². The number of aliphatic hydroxyl groups excluding tert-OH is 2. The lowest BCUT2D eigenvalue weighted by atomic mass is 9.98. The van der Waals surface area contributed by atoms with Gasteiger partial charge in [0.2, 0.25) is 0 Å². The molecule has 0 aromatic carbocycles. The van der Waals surface area contributed by atoms with Crippen molar-refractivity contribution in [1.82, 2.24) is 0 Å². The number of carbonyl (C=O) groups is 4. The first-order valence-electron chi connectivity index (χ1n) is 31.9. The fourth-order valence-corrected chi connectivity index (χ4v) is 9.28. The van der Waals surface area contributed by atoms with Gasteiger partial charge in [-0.3, -0.25) is 14.4 Å². The van der Waals surface area contributed by atoms with E-state index in [1.165, 1.54) is 83.5 Å². The number of ether oxygens (including phenoxy) is 5. The molecule has 1 saturated heterocycles. The van der Waals surface area contributed by atoms with E-state index in [-0.39, 0.29) is 25.9 Å². The van der Waals surface area contributed by atoms with Gasteiger partial charge in [0.25, 0.3) is 0 Å². The van der Waals surface area contributed by atoms with Crippen LogP contribution in [0.15, 0.2) is 72.9 Å². The normalized spacial score (nSPS) is 18.3. The average molecular weight is 1110 g/mol. The van der Waals surface area contributed by atoms with Crippen molar-refractivity contribution in [2.45, 2.75) is 314 Å². The first-order chi connectivity index (χ1) is 38.6. The fourth-order valence-electron chi connectivity index (χ4n) is 9.28. The molecule has 0 bridgehead atoms. The van der Waals surface area contributed by atoms with E-state index >= 15 is 0 Å². The monoisotopic (exact) mass is 1110 g/mol. The van der Waals surface area contributed by atoms with Crippen molar-refractivity contribution < 1.29 is 58.2 Å². The molecule has 12 nitrogen and oxygen atoms in total. The molecule has 1 aliphatic heterocycles. The van der Waals surface area contributed by atoms with Gasteiger partial charge in [0.15, 0.2) is 24.6 Å². The lowest BCUT2D eigenvalue weighted by molar-refractivity contribution is -0.301. The highest BCUT2D eigenvalue weighted by Crippen LogP contribution is 2.26. The summed E-state index contributed by atoms with van der Waals surface area (Å²) in [5.41, 5.74) is 0. The third-order valence-corrected chi connectivity index (χ3v) is 14.2. The standard InChI is InChI=1S/C67H114O12/c1-4-7-10-13-16-19-22-25-28-29-30-31-34-37-40-43-46-49-52-55-61(70)78-65-63(72)62(71)64(66(73)74)79-67(65)76-57-58(77-60(69)54-51-48-45-42-39-36-33-27-24-21-18-15-12-9-6-3)56-75-59(68)53-50-47-44-41-38-35-32-26-23-20-17-14-11-8-5-2/h16-17,19-20,25-28,30-33,58,62-65,67,71-72H,4-15,18,21-24,29,34-57H2,1-3H3,(H,73,74)/b19-16-,20-17-,28-25-,31-30-,32-26-,33-27-. The van der Waals surface area contributed by atoms with Crippen LogP contribution in [0.25, 0.3) is 0 Å². The lowest BCUT2D eigenvalue weighted by Gasteiger charge is -2.40. The number of rotatable bonds is 54. The van der Waals surface area contributed by atoms with Gasteiger partial charge in [-0.2, -0.15) is 0 Å². The Balaban J connectivity index is 2.68. The smallest absolute Gasteiger partial charge is 0.335 e. The van der Waals surface area contributed by atoms with Gasteiger partial charge in [-0.25, -0.2) is 4.79 Å². The molecule has 0 aliphatic carbocycles. The van der Waals surface area contributed by atoms with Crippen molar-refractivity contribution in [2.24, 2.45) is 0 Å². The molecule has 3 N–H and O–H groups in total. The van der Waals surface area contributed by atoms with Crippen LogP contribution < -0.4 is 0 Å². The zero-order valence-corrected chi connectivity index (χ0v) is 50.1. The maximum absolute atomic E-state index is 13.2. The van der Waals surface area contributed by atoms with E-state index in [9.17, 15) is 34.5 Å². The third-order valence-electron chi connectivity index (χ3n) is 14.2. The third kappa shape index (κ3) is 44.5. The van der Waals surface area contributed by atoms with Gasteiger partial charge in [0, 0.05) is 19.3 Å². The maximum atomic E-state index is 13.2. The molecule has 1 rings (SSSR count). The minimum absolute atomic E-state index is 0.0422. The summed E-state index contributed by atoms with van der Waals surface area (Å²) >= 11 is 0. The molecule has 0 aromatic rings. The first-order valence-corrected chi connectivity index (χ1v) is 31.9. The quantitative estimate of drug-likeness (QED) is 0.0228. The van der Waals surface area contributed by atoms with E-state index in [1.807, 2.05) is 0 Å². The summed E-state index contributed by atoms with van der Waals surface area (Å²) < 4.78 is 28.5. The van der Waals surface area contributed by atoms with Crippen molar-refractivity contribution in [2.75, 3.05) is 13.2 Å². The summed E-state index contributed by atoms with van der Waals surface area (Å²) in [5, 5.41) is 31.6. The summed E-state index contributed by atoms with van der Waals surface area (Å²) in [5.74, 6) is -3.16. The molecule has 1 aliphatic rings. The van der Waals surface area contributed by atoms with Gasteiger partial charge in [-0.15, -0.1) is 0 Å². The number of unbranched alkanes of at least 4 members (excludes halogenated alkanes) is 28. The SMILES string of the molecule is CCCCC/C=C\C/C=C\C/C=C\CCCCCCCCC(=O)OC1C(OCC(COC(=O)CCCCCCC/C=C\C/C=C\CCCCC)OC(=O)CCCCCCC/C=C\CCCCCCCC)OC(C(=O)O)C(O)C1O. The molecular formula is C67H114O12. The molecule has 12 heteroatoms. The molecule has 0 amide bonds. The maximum Gasteiger partial charge on any atom is 0.335 e. The number of esters is 3.